The van der Waals surface area contributed by atoms with Gasteiger partial charge in [-0.2, -0.15) is 0 Å². The van der Waals surface area contributed by atoms with Crippen LogP contribution in [0.1, 0.15) is 52.9 Å². The molecule has 3 aromatic rings. The van der Waals surface area contributed by atoms with Crippen LogP contribution in [-0.4, -0.2) is 16.9 Å². The van der Waals surface area contributed by atoms with Gasteiger partial charge in [0.25, 0.3) is 5.91 Å². The van der Waals surface area contributed by atoms with E-state index in [0.29, 0.717) is 5.56 Å². The first-order valence-corrected chi connectivity index (χ1v) is 9.66. The highest BCUT2D eigenvalue weighted by atomic mass is 16.2. The number of benzene rings is 2. The van der Waals surface area contributed by atoms with Gasteiger partial charge in [-0.25, -0.2) is 10.2 Å². The molecule has 2 aromatic carbocycles. The maximum Gasteiger partial charge on any atom is 0.333 e. The number of amides is 3. The first-order valence-electron chi connectivity index (χ1n) is 9.66. The van der Waals surface area contributed by atoms with Crippen LogP contribution in [0.2, 0.25) is 0 Å². The number of carbonyl (C=O) groups excluding carboxylic acids is 2. The van der Waals surface area contributed by atoms with E-state index >= 15 is 0 Å². The average molecular weight is 376 g/mol. The maximum atomic E-state index is 12.4. The fourth-order valence-corrected chi connectivity index (χ4v) is 3.78. The third kappa shape index (κ3) is 3.71. The van der Waals surface area contributed by atoms with Crippen LogP contribution >= 0.6 is 0 Å². The van der Waals surface area contributed by atoms with Crippen LogP contribution in [-0.2, 0) is 12.8 Å². The molecule has 0 saturated carbocycles. The first kappa shape index (κ1) is 18.1. The molecule has 0 fully saturated rings. The minimum Gasteiger partial charge on any atom is -0.360 e. The van der Waals surface area contributed by atoms with E-state index in [2.05, 4.69) is 39.4 Å². The molecule has 6 heteroatoms. The van der Waals surface area contributed by atoms with E-state index in [1.54, 1.807) is 6.20 Å². The number of carbonyl (C=O) groups is 2. The molecule has 4 N–H and O–H groups in total. The zero-order chi connectivity index (χ0) is 19.5. The first-order chi connectivity index (χ1) is 13.6. The van der Waals surface area contributed by atoms with Gasteiger partial charge in [0.1, 0.15) is 0 Å². The van der Waals surface area contributed by atoms with Crippen LogP contribution in [0.5, 0.6) is 0 Å². The average Bonchev–Trinajstić information content (AvgIpc) is 3.16. The Labute approximate surface area is 163 Å². The Balaban J connectivity index is 1.34. The molecule has 0 saturated heterocycles. The van der Waals surface area contributed by atoms with E-state index in [9.17, 15) is 9.59 Å². The molecule has 1 aliphatic rings. The fraction of sp³-hybridized carbons (Fsp3) is 0.273. The number of aromatic amines is 1. The zero-order valence-corrected chi connectivity index (χ0v) is 15.8. The lowest BCUT2D eigenvalue weighted by Gasteiger charge is -2.20. The Kier molecular flexibility index (Phi) is 5.02. The van der Waals surface area contributed by atoms with Gasteiger partial charge in [-0.1, -0.05) is 36.4 Å². The van der Waals surface area contributed by atoms with Crippen molar-refractivity contribution in [2.75, 3.05) is 0 Å². The van der Waals surface area contributed by atoms with Gasteiger partial charge < -0.3 is 10.3 Å². The van der Waals surface area contributed by atoms with Crippen LogP contribution in [0.4, 0.5) is 4.79 Å². The third-order valence-corrected chi connectivity index (χ3v) is 5.34. The van der Waals surface area contributed by atoms with Gasteiger partial charge in [0.15, 0.2) is 0 Å². The summed E-state index contributed by atoms with van der Waals surface area (Å²) >= 11 is 0. The molecule has 1 unspecified atom stereocenters. The van der Waals surface area contributed by atoms with Crippen molar-refractivity contribution in [3.05, 3.63) is 70.9 Å². The van der Waals surface area contributed by atoms with E-state index in [1.807, 2.05) is 31.2 Å². The Morgan fingerprint density at radius 3 is 2.64 bits per heavy atom. The van der Waals surface area contributed by atoms with Crippen LogP contribution < -0.4 is 16.2 Å². The summed E-state index contributed by atoms with van der Waals surface area (Å²) in [7, 11) is 0. The van der Waals surface area contributed by atoms with Gasteiger partial charge in [-0.3, -0.25) is 10.2 Å². The van der Waals surface area contributed by atoms with Crippen molar-refractivity contribution in [1.82, 2.24) is 21.2 Å². The normalized spacial score (nSPS) is 14.2. The lowest BCUT2D eigenvalue weighted by Crippen LogP contribution is -2.47. The second-order valence-corrected chi connectivity index (χ2v) is 7.26. The summed E-state index contributed by atoms with van der Waals surface area (Å²) in [5.41, 5.74) is 10.1. The molecule has 0 bridgehead atoms. The number of hydrogen-bond donors (Lipinski definition) is 4. The van der Waals surface area contributed by atoms with E-state index in [-0.39, 0.29) is 11.9 Å². The minimum atomic E-state index is -0.446. The number of hydrogen-bond acceptors (Lipinski definition) is 2. The van der Waals surface area contributed by atoms with Crippen molar-refractivity contribution in [1.29, 1.82) is 0 Å². The quantitative estimate of drug-likeness (QED) is 0.525. The third-order valence-electron chi connectivity index (χ3n) is 5.34. The van der Waals surface area contributed by atoms with Crippen molar-refractivity contribution in [2.24, 2.45) is 0 Å². The summed E-state index contributed by atoms with van der Waals surface area (Å²) in [6, 6.07) is 13.3. The highest BCUT2D eigenvalue weighted by molar-refractivity contribution is 6.07. The molecule has 0 aliphatic heterocycles. The summed E-state index contributed by atoms with van der Waals surface area (Å²) in [6.45, 7) is 1.94. The molecule has 1 atom stereocenters. The van der Waals surface area contributed by atoms with Crippen molar-refractivity contribution in [2.45, 2.75) is 38.6 Å². The van der Waals surface area contributed by atoms with Crippen molar-refractivity contribution in [3.8, 4) is 0 Å². The van der Waals surface area contributed by atoms with Gasteiger partial charge in [0.2, 0.25) is 0 Å². The largest absolute Gasteiger partial charge is 0.360 e. The second kappa shape index (κ2) is 7.76. The number of fused-ring (bicyclic) bond motifs is 2. The molecule has 144 valence electrons. The van der Waals surface area contributed by atoms with Crippen LogP contribution in [0.15, 0.2) is 48.7 Å². The highest BCUT2D eigenvalue weighted by Crippen LogP contribution is 2.24. The van der Waals surface area contributed by atoms with Crippen molar-refractivity contribution in [3.63, 3.8) is 0 Å². The summed E-state index contributed by atoms with van der Waals surface area (Å²) in [5.74, 6) is -0.367. The van der Waals surface area contributed by atoms with Crippen molar-refractivity contribution < 1.29 is 9.59 Å². The summed E-state index contributed by atoms with van der Waals surface area (Å²) in [5, 5.41) is 3.68. The van der Waals surface area contributed by atoms with E-state index < -0.39 is 6.03 Å². The second-order valence-electron chi connectivity index (χ2n) is 7.26. The smallest absolute Gasteiger partial charge is 0.333 e. The standard InChI is InChI=1S/C22H24N4O2/c1-14(16-11-10-15-6-2-3-7-17(15)12-16)24-22(28)26-25-21(27)19-13-23-20-9-5-4-8-18(19)20/h4-5,8-14,23H,2-3,6-7H2,1H3,(H,25,27)(H2,24,26,28). The van der Waals surface area contributed by atoms with E-state index in [4.69, 9.17) is 0 Å². The molecule has 1 heterocycles. The van der Waals surface area contributed by atoms with Gasteiger partial charge in [-0.15, -0.1) is 0 Å². The predicted molar refractivity (Wildman–Crippen MR) is 109 cm³/mol. The minimum absolute atomic E-state index is 0.155. The number of aryl methyl sites for hydroxylation is 2. The topological polar surface area (TPSA) is 86.0 Å². The molecule has 1 aliphatic carbocycles. The van der Waals surface area contributed by atoms with Crippen LogP contribution in [0.25, 0.3) is 10.9 Å². The molecule has 4 rings (SSSR count). The Morgan fingerprint density at radius 2 is 1.79 bits per heavy atom. The zero-order valence-electron chi connectivity index (χ0n) is 15.8. The molecule has 0 radical (unpaired) electrons. The Morgan fingerprint density at radius 1 is 1.00 bits per heavy atom. The van der Waals surface area contributed by atoms with E-state index in [1.165, 1.54) is 24.0 Å². The van der Waals surface area contributed by atoms with Gasteiger partial charge in [-0.05, 0) is 55.4 Å². The highest BCUT2D eigenvalue weighted by Gasteiger charge is 2.16. The SMILES string of the molecule is CC(NC(=O)NNC(=O)c1c[nH]c2ccccc12)c1ccc2c(c1)CCCC2. The molecule has 0 spiro atoms. The molecule has 1 aromatic heterocycles. The molecular formula is C22H24N4O2. The number of hydrazine groups is 1. The lowest BCUT2D eigenvalue weighted by atomic mass is 9.89. The lowest BCUT2D eigenvalue weighted by molar-refractivity contribution is 0.0937. The summed E-state index contributed by atoms with van der Waals surface area (Å²) in [4.78, 5) is 27.6. The molecule has 6 nitrogen and oxygen atoms in total. The summed E-state index contributed by atoms with van der Waals surface area (Å²) < 4.78 is 0. The van der Waals surface area contributed by atoms with Crippen LogP contribution in [0.3, 0.4) is 0 Å². The number of aromatic nitrogens is 1. The number of para-hydroxylation sites is 1. The Hall–Kier alpha value is -3.28. The van der Waals surface area contributed by atoms with E-state index in [0.717, 1.165) is 29.3 Å². The van der Waals surface area contributed by atoms with Gasteiger partial charge >= 0.3 is 6.03 Å². The monoisotopic (exact) mass is 376 g/mol. The molecular weight excluding hydrogens is 352 g/mol. The number of nitrogens with one attached hydrogen (secondary N) is 4. The summed E-state index contributed by atoms with van der Waals surface area (Å²) in [6.07, 6.45) is 6.34. The molecule has 28 heavy (non-hydrogen) atoms. The van der Waals surface area contributed by atoms with Gasteiger partial charge in [0.05, 0.1) is 11.6 Å². The number of H-pyrrole nitrogens is 1. The Bertz CT molecular complexity index is 1020. The van der Waals surface area contributed by atoms with Gasteiger partial charge in [0, 0.05) is 17.1 Å². The number of rotatable bonds is 3. The predicted octanol–water partition coefficient (Wildman–Crippen LogP) is 3.75. The molecule has 3 amide bonds. The van der Waals surface area contributed by atoms with Crippen molar-refractivity contribution >= 4 is 22.8 Å². The maximum absolute atomic E-state index is 12.4. The van der Waals surface area contributed by atoms with Crippen LogP contribution in [0, 0.1) is 0 Å². The fourth-order valence-electron chi connectivity index (χ4n) is 3.78. The number of urea groups is 1.